The molecule has 0 aliphatic heterocycles. The molecule has 0 amide bonds. The Morgan fingerprint density at radius 3 is 2.94 bits per heavy atom. The molecule has 1 heterocycles. The van der Waals surface area contributed by atoms with E-state index in [9.17, 15) is 5.11 Å². The molecule has 96 valence electrons. The van der Waals surface area contributed by atoms with E-state index in [1.807, 2.05) is 0 Å². The fraction of sp³-hybridized carbons (Fsp3) is 0.583. The van der Waals surface area contributed by atoms with Gasteiger partial charge in [-0.25, -0.2) is 0 Å². The number of aliphatic hydroxyl groups is 1. The number of hydrogen-bond donors (Lipinski definition) is 2. The average Bonchev–Trinajstić information content (AvgIpc) is 2.27. The van der Waals surface area contributed by atoms with Gasteiger partial charge in [-0.3, -0.25) is 4.98 Å². The number of halogens is 1. The fourth-order valence-corrected chi connectivity index (χ4v) is 1.46. The van der Waals surface area contributed by atoms with Crippen molar-refractivity contribution in [2.24, 2.45) is 0 Å². The molecule has 0 fully saturated rings. The average molecular weight is 259 g/mol. The number of nitrogens with zero attached hydrogens (tertiary/aromatic N) is 1. The second-order valence-corrected chi connectivity index (χ2v) is 4.74. The predicted molar refractivity (Wildman–Crippen MR) is 68.5 cm³/mol. The maximum atomic E-state index is 10.0. The van der Waals surface area contributed by atoms with Crippen LogP contribution in [-0.2, 0) is 0 Å². The van der Waals surface area contributed by atoms with E-state index in [2.05, 4.69) is 17.2 Å². The minimum Gasteiger partial charge on any atom is -0.489 e. The van der Waals surface area contributed by atoms with E-state index >= 15 is 0 Å². The van der Waals surface area contributed by atoms with E-state index in [1.54, 1.807) is 19.2 Å². The van der Waals surface area contributed by atoms with Gasteiger partial charge in [-0.2, -0.15) is 0 Å². The van der Waals surface area contributed by atoms with E-state index in [0.29, 0.717) is 17.3 Å². The molecule has 17 heavy (non-hydrogen) atoms. The van der Waals surface area contributed by atoms with Crippen LogP contribution in [0, 0.1) is 0 Å². The van der Waals surface area contributed by atoms with Gasteiger partial charge >= 0.3 is 0 Å². The molecule has 1 rings (SSSR count). The molecule has 0 saturated carbocycles. The lowest BCUT2D eigenvalue weighted by atomic mass is 10.1. The molecule has 0 radical (unpaired) electrons. The maximum Gasteiger partial charge on any atom is 0.139 e. The Kier molecular flexibility index (Phi) is 5.68. The molecular formula is C12H19ClN2O2. The molecule has 0 aromatic carbocycles. The van der Waals surface area contributed by atoms with Crippen LogP contribution in [0.3, 0.4) is 0 Å². The number of nitrogens with one attached hydrogen (secondary N) is 1. The summed E-state index contributed by atoms with van der Waals surface area (Å²) in [6, 6.07) is 1.67. The first-order chi connectivity index (χ1) is 8.03. The van der Waals surface area contributed by atoms with Crippen LogP contribution in [0.15, 0.2) is 18.5 Å². The minimum atomic E-state index is -0.905. The smallest absolute Gasteiger partial charge is 0.139 e. The zero-order valence-electron chi connectivity index (χ0n) is 10.2. The van der Waals surface area contributed by atoms with Crippen molar-refractivity contribution >= 4 is 11.6 Å². The zero-order chi connectivity index (χ0) is 12.7. The molecule has 1 aromatic rings. The third kappa shape index (κ3) is 5.86. The lowest BCUT2D eigenvalue weighted by Gasteiger charge is -2.23. The topological polar surface area (TPSA) is 54.4 Å². The van der Waals surface area contributed by atoms with Crippen molar-refractivity contribution in [1.82, 2.24) is 10.3 Å². The van der Waals surface area contributed by atoms with Crippen LogP contribution in [-0.4, -0.2) is 35.4 Å². The second kappa shape index (κ2) is 6.79. The first-order valence-corrected chi connectivity index (χ1v) is 6.08. The highest BCUT2D eigenvalue weighted by atomic mass is 35.5. The molecule has 0 saturated heterocycles. The van der Waals surface area contributed by atoms with Crippen LogP contribution in [0.5, 0.6) is 5.75 Å². The highest BCUT2D eigenvalue weighted by Gasteiger charge is 2.20. The van der Waals surface area contributed by atoms with Crippen molar-refractivity contribution in [3.63, 3.8) is 0 Å². The van der Waals surface area contributed by atoms with E-state index in [0.717, 1.165) is 13.0 Å². The van der Waals surface area contributed by atoms with Crippen LogP contribution < -0.4 is 10.1 Å². The molecule has 1 aromatic heterocycles. The summed E-state index contributed by atoms with van der Waals surface area (Å²) in [4.78, 5) is 3.91. The van der Waals surface area contributed by atoms with Gasteiger partial charge < -0.3 is 15.2 Å². The number of aromatic nitrogens is 1. The second-order valence-electron chi connectivity index (χ2n) is 4.30. The van der Waals surface area contributed by atoms with E-state index < -0.39 is 5.60 Å². The van der Waals surface area contributed by atoms with Crippen LogP contribution in [0.2, 0.25) is 5.02 Å². The van der Waals surface area contributed by atoms with E-state index in [1.165, 1.54) is 6.20 Å². The quantitative estimate of drug-likeness (QED) is 0.733. The normalized spacial score (nSPS) is 14.4. The van der Waals surface area contributed by atoms with E-state index in [4.69, 9.17) is 16.3 Å². The van der Waals surface area contributed by atoms with Crippen molar-refractivity contribution in [2.45, 2.75) is 25.9 Å². The summed E-state index contributed by atoms with van der Waals surface area (Å²) < 4.78 is 5.45. The summed E-state index contributed by atoms with van der Waals surface area (Å²) in [5.41, 5.74) is -0.905. The number of pyridine rings is 1. The third-order valence-electron chi connectivity index (χ3n) is 2.16. The van der Waals surface area contributed by atoms with Gasteiger partial charge in [-0.05, 0) is 19.9 Å². The molecule has 0 aliphatic carbocycles. The Morgan fingerprint density at radius 1 is 1.53 bits per heavy atom. The SMILES string of the molecule is CCCNCC(C)(O)COc1cncc(Cl)c1. The highest BCUT2D eigenvalue weighted by molar-refractivity contribution is 6.30. The largest absolute Gasteiger partial charge is 0.489 e. The van der Waals surface area contributed by atoms with Gasteiger partial charge in [0.05, 0.1) is 11.2 Å². The van der Waals surface area contributed by atoms with Crippen molar-refractivity contribution in [3.05, 3.63) is 23.5 Å². The van der Waals surface area contributed by atoms with E-state index in [-0.39, 0.29) is 6.61 Å². The Morgan fingerprint density at radius 2 is 2.29 bits per heavy atom. The monoisotopic (exact) mass is 258 g/mol. The molecule has 4 nitrogen and oxygen atoms in total. The Balaban J connectivity index is 2.38. The maximum absolute atomic E-state index is 10.0. The van der Waals surface area contributed by atoms with Crippen LogP contribution in [0.4, 0.5) is 0 Å². The zero-order valence-corrected chi connectivity index (χ0v) is 11.0. The Labute approximate surface area is 107 Å². The van der Waals surface area contributed by atoms with Crippen LogP contribution >= 0.6 is 11.6 Å². The summed E-state index contributed by atoms with van der Waals surface area (Å²) in [6.45, 7) is 5.39. The van der Waals surface area contributed by atoms with Gasteiger partial charge in [0.25, 0.3) is 0 Å². The van der Waals surface area contributed by atoms with Crippen LogP contribution in [0.25, 0.3) is 0 Å². The molecule has 2 N–H and O–H groups in total. The summed E-state index contributed by atoms with van der Waals surface area (Å²) in [5.74, 6) is 0.563. The van der Waals surface area contributed by atoms with Crippen molar-refractivity contribution < 1.29 is 9.84 Å². The molecule has 0 aliphatic rings. The van der Waals surface area contributed by atoms with Gasteiger partial charge in [0.15, 0.2) is 0 Å². The van der Waals surface area contributed by atoms with Crippen LogP contribution in [0.1, 0.15) is 20.3 Å². The fourth-order valence-electron chi connectivity index (χ4n) is 1.30. The molecule has 0 bridgehead atoms. The summed E-state index contributed by atoms with van der Waals surface area (Å²) >= 11 is 5.78. The number of rotatable bonds is 7. The van der Waals surface area contributed by atoms with Crippen molar-refractivity contribution in [1.29, 1.82) is 0 Å². The van der Waals surface area contributed by atoms with Crippen molar-refractivity contribution in [3.8, 4) is 5.75 Å². The minimum absolute atomic E-state index is 0.200. The van der Waals surface area contributed by atoms with Gasteiger partial charge in [0.1, 0.15) is 18.0 Å². The van der Waals surface area contributed by atoms with Gasteiger partial charge in [0, 0.05) is 18.8 Å². The lowest BCUT2D eigenvalue weighted by molar-refractivity contribution is 0.0124. The number of hydrogen-bond acceptors (Lipinski definition) is 4. The lowest BCUT2D eigenvalue weighted by Crippen LogP contribution is -2.43. The highest BCUT2D eigenvalue weighted by Crippen LogP contribution is 2.16. The standard InChI is InChI=1S/C12H19ClN2O2/c1-3-4-14-8-12(2,16)9-17-11-5-10(13)6-15-7-11/h5-7,14,16H,3-4,8-9H2,1-2H3. The number of ether oxygens (including phenoxy) is 1. The van der Waals surface area contributed by atoms with Gasteiger partial charge in [0.2, 0.25) is 0 Å². The Bertz CT molecular complexity index is 345. The first kappa shape index (κ1) is 14.2. The third-order valence-corrected chi connectivity index (χ3v) is 2.37. The Hall–Kier alpha value is -0.840. The molecule has 0 spiro atoms. The summed E-state index contributed by atoms with van der Waals surface area (Å²) in [6.07, 6.45) is 4.14. The summed E-state index contributed by atoms with van der Waals surface area (Å²) in [5, 5.41) is 13.7. The van der Waals surface area contributed by atoms with Gasteiger partial charge in [-0.15, -0.1) is 0 Å². The molecule has 1 atom stereocenters. The molecule has 5 heteroatoms. The molecular weight excluding hydrogens is 240 g/mol. The first-order valence-electron chi connectivity index (χ1n) is 5.70. The predicted octanol–water partition coefficient (Wildman–Crippen LogP) is 1.86. The molecule has 1 unspecified atom stereocenters. The van der Waals surface area contributed by atoms with Gasteiger partial charge in [-0.1, -0.05) is 18.5 Å². The summed E-state index contributed by atoms with van der Waals surface area (Å²) in [7, 11) is 0. The van der Waals surface area contributed by atoms with Crippen molar-refractivity contribution in [2.75, 3.05) is 19.7 Å².